The maximum Gasteiger partial charge on any atom is 0.324 e. The second-order valence-corrected chi connectivity index (χ2v) is 19.4. The van der Waals surface area contributed by atoms with Gasteiger partial charge < -0.3 is 34.1 Å². The third-order valence-corrected chi connectivity index (χ3v) is 13.8. The van der Waals surface area contributed by atoms with Crippen LogP contribution in [-0.4, -0.2) is 105 Å². The fourth-order valence-electron chi connectivity index (χ4n) is 10.6. The van der Waals surface area contributed by atoms with Crippen LogP contribution in [0.25, 0.3) is 33.3 Å². The van der Waals surface area contributed by atoms with Gasteiger partial charge in [-0.2, -0.15) is 0 Å². The first-order valence-electron chi connectivity index (χ1n) is 23.0. The zero-order chi connectivity index (χ0) is 45.7. The van der Waals surface area contributed by atoms with Gasteiger partial charge in [0.15, 0.2) is 0 Å². The molecule has 3 amide bonds. The molecule has 4 aromatic rings. The highest BCUT2D eigenvalue weighted by Gasteiger charge is 2.54. The molecule has 342 valence electrons. The van der Waals surface area contributed by atoms with Gasteiger partial charge in [0.1, 0.15) is 29.5 Å². The molecular formula is C50H64N6O8. The molecular weight excluding hydrogens is 813 g/mol. The summed E-state index contributed by atoms with van der Waals surface area (Å²) in [5.41, 5.74) is 8.78. The number of phenols is 1. The Morgan fingerprint density at radius 3 is 2.52 bits per heavy atom. The van der Waals surface area contributed by atoms with Crippen LogP contribution in [0.3, 0.4) is 0 Å². The van der Waals surface area contributed by atoms with Gasteiger partial charge in [-0.25, -0.2) is 5.43 Å². The van der Waals surface area contributed by atoms with Crippen molar-refractivity contribution in [3.05, 3.63) is 71.5 Å². The minimum absolute atomic E-state index is 0.0104. The Morgan fingerprint density at radius 1 is 1.06 bits per heavy atom. The summed E-state index contributed by atoms with van der Waals surface area (Å²) in [5.74, 6) is -1.88. The number of fused-ring (bicyclic) bond motifs is 8. The molecule has 4 atom stereocenters. The molecule has 0 saturated carbocycles. The third-order valence-electron chi connectivity index (χ3n) is 13.8. The summed E-state index contributed by atoms with van der Waals surface area (Å²) in [7, 11) is 3.32. The highest BCUT2D eigenvalue weighted by Crippen LogP contribution is 2.45. The number of carbonyl (C=O) groups excluding carboxylic acids is 4. The van der Waals surface area contributed by atoms with Crippen molar-refractivity contribution in [1.29, 1.82) is 0 Å². The number of phenolic OH excluding ortho intramolecular Hbond substituents is 1. The number of pyridine rings is 1. The normalized spacial score (nSPS) is 24.3. The van der Waals surface area contributed by atoms with Crippen molar-refractivity contribution < 1.29 is 38.5 Å². The van der Waals surface area contributed by atoms with Crippen molar-refractivity contribution in [2.45, 2.75) is 135 Å². The van der Waals surface area contributed by atoms with E-state index in [1.165, 1.54) is 9.91 Å². The van der Waals surface area contributed by atoms with E-state index in [0.717, 1.165) is 57.4 Å². The first-order chi connectivity index (χ1) is 30.5. The van der Waals surface area contributed by atoms with E-state index in [9.17, 15) is 24.3 Å². The number of esters is 1. The molecule has 14 heteroatoms. The number of cyclic esters (lactones) is 1. The first kappa shape index (κ1) is 45.3. The molecule has 14 nitrogen and oxygen atoms in total. The zero-order valence-electron chi connectivity index (χ0n) is 38.5. The number of rotatable bonds is 9. The molecule has 2 aromatic carbocycles. The Balaban J connectivity index is 1.22. The fraction of sp³-hybridized carbons (Fsp3) is 0.540. The number of amides is 3. The highest BCUT2D eigenvalue weighted by atomic mass is 16.5. The third kappa shape index (κ3) is 8.64. The molecule has 3 fully saturated rings. The Kier molecular flexibility index (Phi) is 12.7. The van der Waals surface area contributed by atoms with E-state index in [2.05, 4.69) is 54.3 Å². The van der Waals surface area contributed by atoms with E-state index in [0.29, 0.717) is 50.8 Å². The summed E-state index contributed by atoms with van der Waals surface area (Å²) in [6.07, 6.45) is 6.02. The van der Waals surface area contributed by atoms with Crippen molar-refractivity contribution in [3.63, 3.8) is 0 Å². The van der Waals surface area contributed by atoms with Gasteiger partial charge in [0, 0.05) is 61.7 Å². The molecule has 3 saturated heterocycles. The molecule has 4 aliphatic rings. The van der Waals surface area contributed by atoms with Gasteiger partial charge in [0.05, 0.1) is 30.2 Å². The number of aryl methyl sites for hydroxylation is 1. The van der Waals surface area contributed by atoms with Crippen LogP contribution < -0.4 is 10.7 Å². The van der Waals surface area contributed by atoms with Crippen LogP contribution >= 0.6 is 0 Å². The molecule has 0 aliphatic carbocycles. The average molecular weight is 877 g/mol. The van der Waals surface area contributed by atoms with Gasteiger partial charge in [-0.1, -0.05) is 39.8 Å². The summed E-state index contributed by atoms with van der Waals surface area (Å²) >= 11 is 0. The van der Waals surface area contributed by atoms with E-state index in [1.807, 2.05) is 39.0 Å². The number of hydrogen-bond donors (Lipinski definition) is 3. The average Bonchev–Trinajstić information content (AvgIpc) is 3.99. The van der Waals surface area contributed by atoms with E-state index in [4.69, 9.17) is 19.2 Å². The lowest BCUT2D eigenvalue weighted by atomic mass is 9.84. The summed E-state index contributed by atoms with van der Waals surface area (Å²) in [6.45, 7) is 13.1. The number of aromatic hydroxyl groups is 1. The predicted octanol–water partition coefficient (Wildman–Crippen LogP) is 6.65. The van der Waals surface area contributed by atoms with E-state index in [1.54, 1.807) is 32.5 Å². The molecule has 0 radical (unpaired) electrons. The van der Waals surface area contributed by atoms with Crippen LogP contribution in [0.1, 0.15) is 103 Å². The smallest absolute Gasteiger partial charge is 0.324 e. The Hall–Kier alpha value is -5.31. The van der Waals surface area contributed by atoms with E-state index < -0.39 is 46.9 Å². The van der Waals surface area contributed by atoms with Crippen molar-refractivity contribution >= 4 is 34.6 Å². The van der Waals surface area contributed by atoms with Gasteiger partial charge >= 0.3 is 5.97 Å². The topological polar surface area (TPSA) is 165 Å². The number of likely N-dealkylation sites (N-methyl/N-ethyl adjacent to an activating group) is 1. The predicted molar refractivity (Wildman–Crippen MR) is 243 cm³/mol. The SMILES string of the molecule is CCn1c(-c2cccnc2[C@H](C)OC)c2c3cc(ccc31)-c1cc(O)cc(c1)C[C@H](NC(=O)C(C(C)C)N(C)C(=O)C13CCC(CC1)O3)C(=O)N1CCC[C@H](N1)C(=O)OCC(C)(C)C2. The molecule has 0 spiro atoms. The van der Waals surface area contributed by atoms with Crippen LogP contribution in [0.5, 0.6) is 5.75 Å². The number of hydrazine groups is 1. The lowest BCUT2D eigenvalue weighted by Gasteiger charge is -2.38. The van der Waals surface area contributed by atoms with Crippen LogP contribution in [0.4, 0.5) is 0 Å². The number of methoxy groups -OCH3 is 1. The monoisotopic (exact) mass is 876 g/mol. The zero-order valence-corrected chi connectivity index (χ0v) is 38.5. The molecule has 2 aromatic heterocycles. The Bertz CT molecular complexity index is 2440. The largest absolute Gasteiger partial charge is 0.508 e. The van der Waals surface area contributed by atoms with Gasteiger partial charge in [0.25, 0.3) is 11.8 Å². The van der Waals surface area contributed by atoms with Crippen LogP contribution in [-0.2, 0) is 52.8 Å². The van der Waals surface area contributed by atoms with Crippen molar-refractivity contribution in [2.75, 3.05) is 27.3 Å². The van der Waals surface area contributed by atoms with E-state index >= 15 is 0 Å². The minimum Gasteiger partial charge on any atom is -0.508 e. The van der Waals surface area contributed by atoms with Crippen LogP contribution in [0.2, 0.25) is 0 Å². The molecule has 8 bridgehead atoms. The van der Waals surface area contributed by atoms with Crippen molar-refractivity contribution in [1.82, 2.24) is 30.2 Å². The fourth-order valence-corrected chi connectivity index (χ4v) is 10.6. The molecule has 64 heavy (non-hydrogen) atoms. The number of aromatic nitrogens is 2. The van der Waals surface area contributed by atoms with Gasteiger partial charge in [0.2, 0.25) is 5.91 Å². The van der Waals surface area contributed by atoms with Crippen molar-refractivity contribution in [3.8, 4) is 28.1 Å². The quantitative estimate of drug-likeness (QED) is 0.155. The first-order valence-corrected chi connectivity index (χ1v) is 23.0. The second-order valence-electron chi connectivity index (χ2n) is 19.4. The Labute approximate surface area is 376 Å². The number of hydrogen-bond acceptors (Lipinski definition) is 10. The molecule has 3 N–H and O–H groups in total. The van der Waals surface area contributed by atoms with Gasteiger partial charge in [-0.3, -0.25) is 29.2 Å². The number of benzene rings is 2. The summed E-state index contributed by atoms with van der Waals surface area (Å²) in [5, 5.41) is 16.8. The summed E-state index contributed by atoms with van der Waals surface area (Å²) in [4.78, 5) is 63.5. The molecule has 8 rings (SSSR count). The standard InChI is InChI=1S/C50H64N6O8/c1-9-55-41-15-14-32-26-37(41)38(44(55)36-12-10-20-51-42(36)30(4)62-8)27-49(5,6)28-63-47(60)39-13-11-21-56(53-39)46(59)40(24-31-22-33(32)25-34(57)23-31)52-45(58)43(29(2)3)54(7)48(61)50-18-16-35(64-50)17-19-50/h10,12,14-15,20,22-23,25-26,29-30,35,39-40,43,53,57H,9,11,13,16-19,21,24,27-28H2,1-8H3,(H,52,58)/t30-,35?,39-,40-,43?,50?/m0/s1. The minimum atomic E-state index is -1.12. The van der Waals surface area contributed by atoms with Gasteiger partial charge in [-0.15, -0.1) is 0 Å². The highest BCUT2D eigenvalue weighted by molar-refractivity contribution is 5.96. The molecule has 1 unspecified atom stereocenters. The lowest BCUT2D eigenvalue weighted by molar-refractivity contribution is -0.157. The lowest BCUT2D eigenvalue weighted by Crippen LogP contribution is -2.62. The maximum atomic E-state index is 14.7. The van der Waals surface area contributed by atoms with E-state index in [-0.39, 0.29) is 42.8 Å². The number of nitrogens with zero attached hydrogens (tertiary/aromatic N) is 4. The number of carbonyl (C=O) groups is 4. The molecule has 4 aliphatic heterocycles. The van der Waals surface area contributed by atoms with Crippen LogP contribution in [0.15, 0.2) is 54.7 Å². The Morgan fingerprint density at radius 2 is 1.83 bits per heavy atom. The number of ether oxygens (including phenoxy) is 3. The maximum absolute atomic E-state index is 14.7. The summed E-state index contributed by atoms with van der Waals surface area (Å²) < 4.78 is 20.4. The van der Waals surface area contributed by atoms with Crippen molar-refractivity contribution in [2.24, 2.45) is 11.3 Å². The van der Waals surface area contributed by atoms with Gasteiger partial charge in [-0.05, 0) is 123 Å². The van der Waals surface area contributed by atoms with Crippen LogP contribution in [0, 0.1) is 11.3 Å². The molecule has 6 heterocycles. The second kappa shape index (κ2) is 17.9. The number of nitrogens with one attached hydrogen (secondary N) is 2. The summed E-state index contributed by atoms with van der Waals surface area (Å²) in [6, 6.07) is 12.8.